The van der Waals surface area contributed by atoms with Crippen LogP contribution in [0.4, 0.5) is 0 Å². The van der Waals surface area contributed by atoms with Crippen molar-refractivity contribution in [3.63, 3.8) is 0 Å². The predicted molar refractivity (Wildman–Crippen MR) is 66.4 cm³/mol. The first-order valence-corrected chi connectivity index (χ1v) is 5.37. The monoisotopic (exact) mass is 190 g/mol. The highest BCUT2D eigenvalue weighted by molar-refractivity contribution is 5.27. The van der Waals surface area contributed by atoms with Gasteiger partial charge in [-0.15, -0.1) is 6.58 Å². The maximum Gasteiger partial charge on any atom is -0.0248 e. The van der Waals surface area contributed by atoms with Crippen LogP contribution < -0.4 is 0 Å². The van der Waals surface area contributed by atoms with E-state index in [1.807, 2.05) is 6.08 Å². The van der Waals surface area contributed by atoms with Crippen molar-refractivity contribution in [1.82, 2.24) is 0 Å². The molecule has 0 unspecified atom stereocenters. The molecule has 0 fully saturated rings. The Labute approximate surface area is 88.7 Å². The van der Waals surface area contributed by atoms with Crippen LogP contribution in [0.3, 0.4) is 0 Å². The molecule has 0 amide bonds. The number of allylic oxidation sites excluding steroid dienone is 7. The molecule has 0 N–H and O–H groups in total. The molecule has 0 rings (SSSR count). The van der Waals surface area contributed by atoms with Gasteiger partial charge < -0.3 is 0 Å². The molecule has 78 valence electrons. The summed E-state index contributed by atoms with van der Waals surface area (Å²) in [5, 5.41) is 0. The van der Waals surface area contributed by atoms with Crippen LogP contribution in [-0.2, 0) is 0 Å². The standard InChI is InChI=1S/C14H22/c1-5-9-10-14(8-4)12-11-13(6-2)7-3/h5-6,8,11-12H,1,7,9-10H2,2-4H3/b12-11-,13-6+,14-8-. The van der Waals surface area contributed by atoms with Crippen molar-refractivity contribution in [2.45, 2.75) is 40.0 Å². The van der Waals surface area contributed by atoms with Gasteiger partial charge in [-0.25, -0.2) is 0 Å². The molecule has 0 heteroatoms. The predicted octanol–water partition coefficient (Wildman–Crippen LogP) is 4.81. The van der Waals surface area contributed by atoms with Crippen LogP contribution in [0.15, 0.2) is 48.1 Å². The molecule has 0 saturated carbocycles. The highest BCUT2D eigenvalue weighted by Crippen LogP contribution is 2.10. The van der Waals surface area contributed by atoms with Gasteiger partial charge in [0.1, 0.15) is 0 Å². The summed E-state index contributed by atoms with van der Waals surface area (Å²) in [6.45, 7) is 10.1. The largest absolute Gasteiger partial charge is 0.103 e. The average molecular weight is 190 g/mol. The second-order valence-corrected chi connectivity index (χ2v) is 3.24. The number of hydrogen-bond donors (Lipinski definition) is 0. The van der Waals surface area contributed by atoms with Crippen LogP contribution in [0, 0.1) is 0 Å². The normalized spacial score (nSPS) is 13.6. The summed E-state index contributed by atoms with van der Waals surface area (Å²) in [5.41, 5.74) is 2.78. The minimum absolute atomic E-state index is 1.06. The van der Waals surface area contributed by atoms with Crippen LogP contribution in [0.1, 0.15) is 40.0 Å². The minimum atomic E-state index is 1.06. The van der Waals surface area contributed by atoms with Crippen molar-refractivity contribution in [2.24, 2.45) is 0 Å². The zero-order valence-electron chi connectivity index (χ0n) is 9.72. The molecule has 0 aromatic carbocycles. The Morgan fingerprint density at radius 2 is 1.64 bits per heavy atom. The van der Waals surface area contributed by atoms with Crippen LogP contribution in [0.25, 0.3) is 0 Å². The van der Waals surface area contributed by atoms with E-state index >= 15 is 0 Å². The topological polar surface area (TPSA) is 0 Å². The second-order valence-electron chi connectivity index (χ2n) is 3.24. The number of rotatable bonds is 6. The fourth-order valence-electron chi connectivity index (χ4n) is 1.22. The quantitative estimate of drug-likeness (QED) is 0.416. The molecule has 14 heavy (non-hydrogen) atoms. The molecule has 0 aliphatic heterocycles. The van der Waals surface area contributed by atoms with E-state index in [2.05, 4.69) is 51.7 Å². The van der Waals surface area contributed by atoms with Crippen molar-refractivity contribution < 1.29 is 0 Å². The lowest BCUT2D eigenvalue weighted by molar-refractivity contribution is 1.00. The van der Waals surface area contributed by atoms with Crippen LogP contribution >= 0.6 is 0 Å². The molecule has 0 atom stereocenters. The smallest absolute Gasteiger partial charge is 0.0248 e. The van der Waals surface area contributed by atoms with Gasteiger partial charge in [0.15, 0.2) is 0 Å². The third-order valence-electron chi connectivity index (χ3n) is 2.30. The van der Waals surface area contributed by atoms with Gasteiger partial charge in [0.25, 0.3) is 0 Å². The van der Waals surface area contributed by atoms with Gasteiger partial charge in [-0.3, -0.25) is 0 Å². The van der Waals surface area contributed by atoms with E-state index in [0.29, 0.717) is 0 Å². The summed E-state index contributed by atoms with van der Waals surface area (Å²) in [6.07, 6.45) is 14.0. The average Bonchev–Trinajstić information content (AvgIpc) is 2.23. The molecule has 0 aromatic rings. The molecule has 0 spiro atoms. The minimum Gasteiger partial charge on any atom is -0.103 e. The molecule has 0 saturated heterocycles. The Bertz CT molecular complexity index is 239. The second kappa shape index (κ2) is 8.55. The van der Waals surface area contributed by atoms with Crippen molar-refractivity contribution in [1.29, 1.82) is 0 Å². The van der Waals surface area contributed by atoms with Crippen molar-refractivity contribution in [3.05, 3.63) is 48.1 Å². The third-order valence-corrected chi connectivity index (χ3v) is 2.30. The Hall–Kier alpha value is -1.04. The van der Waals surface area contributed by atoms with Gasteiger partial charge in [0.05, 0.1) is 0 Å². The Morgan fingerprint density at radius 3 is 2.07 bits per heavy atom. The van der Waals surface area contributed by atoms with E-state index in [1.54, 1.807) is 0 Å². The summed E-state index contributed by atoms with van der Waals surface area (Å²) in [5.74, 6) is 0. The van der Waals surface area contributed by atoms with Crippen molar-refractivity contribution in [3.8, 4) is 0 Å². The lowest BCUT2D eigenvalue weighted by Crippen LogP contribution is -1.79. The molecule has 0 aliphatic carbocycles. The molecule has 0 nitrogen and oxygen atoms in total. The van der Waals surface area contributed by atoms with Gasteiger partial charge in [-0.2, -0.15) is 0 Å². The summed E-state index contributed by atoms with van der Waals surface area (Å²) < 4.78 is 0. The maximum absolute atomic E-state index is 3.73. The Morgan fingerprint density at radius 1 is 1.07 bits per heavy atom. The van der Waals surface area contributed by atoms with Gasteiger partial charge in [0, 0.05) is 0 Å². The Kier molecular flexibility index (Phi) is 7.92. The van der Waals surface area contributed by atoms with Gasteiger partial charge in [0.2, 0.25) is 0 Å². The lowest BCUT2D eigenvalue weighted by Gasteiger charge is -1.99. The lowest BCUT2D eigenvalue weighted by atomic mass is 10.1. The van der Waals surface area contributed by atoms with E-state index in [9.17, 15) is 0 Å². The van der Waals surface area contributed by atoms with Gasteiger partial charge in [-0.1, -0.05) is 48.5 Å². The first kappa shape index (κ1) is 13.0. The maximum atomic E-state index is 3.73. The Balaban J connectivity index is 4.24. The molecule has 0 aromatic heterocycles. The summed E-state index contributed by atoms with van der Waals surface area (Å²) in [7, 11) is 0. The van der Waals surface area contributed by atoms with Gasteiger partial charge in [-0.05, 0) is 33.1 Å². The molecule has 0 radical (unpaired) electrons. The van der Waals surface area contributed by atoms with E-state index in [-0.39, 0.29) is 0 Å². The van der Waals surface area contributed by atoms with E-state index in [1.165, 1.54) is 11.1 Å². The van der Waals surface area contributed by atoms with Crippen molar-refractivity contribution in [2.75, 3.05) is 0 Å². The molecule has 0 bridgehead atoms. The van der Waals surface area contributed by atoms with E-state index in [4.69, 9.17) is 0 Å². The zero-order chi connectivity index (χ0) is 10.8. The van der Waals surface area contributed by atoms with Gasteiger partial charge >= 0.3 is 0 Å². The van der Waals surface area contributed by atoms with Crippen LogP contribution in [-0.4, -0.2) is 0 Å². The zero-order valence-corrected chi connectivity index (χ0v) is 9.72. The first-order chi connectivity index (χ1) is 6.78. The molecular formula is C14H22. The van der Waals surface area contributed by atoms with Crippen LogP contribution in [0.5, 0.6) is 0 Å². The van der Waals surface area contributed by atoms with E-state index in [0.717, 1.165) is 19.3 Å². The summed E-state index contributed by atoms with van der Waals surface area (Å²) in [4.78, 5) is 0. The molecule has 0 heterocycles. The highest BCUT2D eigenvalue weighted by atomic mass is 14.0. The summed E-state index contributed by atoms with van der Waals surface area (Å²) >= 11 is 0. The molecular weight excluding hydrogens is 168 g/mol. The summed E-state index contributed by atoms with van der Waals surface area (Å²) in [6, 6.07) is 0. The molecule has 0 aliphatic rings. The first-order valence-electron chi connectivity index (χ1n) is 5.37. The van der Waals surface area contributed by atoms with E-state index < -0.39 is 0 Å². The fourth-order valence-corrected chi connectivity index (χ4v) is 1.22. The SMILES string of the molecule is C=CCCC(/C=C\C(=C\C)CC)=C/C. The van der Waals surface area contributed by atoms with Crippen LogP contribution in [0.2, 0.25) is 0 Å². The third kappa shape index (κ3) is 5.58. The fraction of sp³-hybridized carbons (Fsp3) is 0.429. The number of hydrogen-bond acceptors (Lipinski definition) is 0. The van der Waals surface area contributed by atoms with Crippen molar-refractivity contribution >= 4 is 0 Å². The highest BCUT2D eigenvalue weighted by Gasteiger charge is 1.90.